The van der Waals surface area contributed by atoms with Crippen LogP contribution >= 0.6 is 0 Å². The summed E-state index contributed by atoms with van der Waals surface area (Å²) in [5.74, 6) is 0.870. The van der Waals surface area contributed by atoms with Gasteiger partial charge in [0, 0.05) is 31.5 Å². The Bertz CT molecular complexity index is 453. The number of amides is 1. The lowest BCUT2D eigenvalue weighted by atomic mass is 9.98. The van der Waals surface area contributed by atoms with E-state index >= 15 is 0 Å². The zero-order valence-corrected chi connectivity index (χ0v) is 12.8. The van der Waals surface area contributed by atoms with Gasteiger partial charge in [-0.15, -0.1) is 0 Å². The predicted molar refractivity (Wildman–Crippen MR) is 82.8 cm³/mol. The second-order valence-electron chi connectivity index (χ2n) is 5.75. The molecule has 1 aliphatic rings. The van der Waals surface area contributed by atoms with E-state index in [-0.39, 0.29) is 17.9 Å². The van der Waals surface area contributed by atoms with E-state index in [4.69, 9.17) is 5.73 Å². The van der Waals surface area contributed by atoms with Gasteiger partial charge in [-0.1, -0.05) is 20.3 Å². The lowest BCUT2D eigenvalue weighted by Crippen LogP contribution is -2.53. The molecule has 1 amide bonds. The Labute approximate surface area is 126 Å². The van der Waals surface area contributed by atoms with Gasteiger partial charge in [0.1, 0.15) is 0 Å². The van der Waals surface area contributed by atoms with Gasteiger partial charge >= 0.3 is 0 Å². The quantitative estimate of drug-likeness (QED) is 0.843. The number of carbonyl (C=O) groups is 1. The molecule has 6 nitrogen and oxygen atoms in total. The Morgan fingerprint density at radius 2 is 2.24 bits per heavy atom. The minimum Gasteiger partial charge on any atom is -0.350 e. The molecule has 3 atom stereocenters. The monoisotopic (exact) mass is 291 g/mol. The molecule has 0 aromatic carbocycles. The van der Waals surface area contributed by atoms with Gasteiger partial charge < -0.3 is 16.0 Å². The number of hydrogen-bond acceptors (Lipinski definition) is 5. The molecule has 0 bridgehead atoms. The van der Waals surface area contributed by atoms with Crippen LogP contribution in [0.15, 0.2) is 18.5 Å². The molecule has 2 rings (SSSR count). The molecule has 1 unspecified atom stereocenters. The fourth-order valence-electron chi connectivity index (χ4n) is 2.54. The van der Waals surface area contributed by atoms with E-state index in [9.17, 15) is 4.79 Å². The molecular weight excluding hydrogens is 266 g/mol. The van der Waals surface area contributed by atoms with Gasteiger partial charge in [-0.2, -0.15) is 0 Å². The molecule has 1 aliphatic heterocycles. The van der Waals surface area contributed by atoms with Crippen LogP contribution in [-0.4, -0.2) is 41.0 Å². The molecule has 116 valence electrons. The third-order valence-corrected chi connectivity index (χ3v) is 4.16. The lowest BCUT2D eigenvalue weighted by Gasteiger charge is -2.34. The van der Waals surface area contributed by atoms with Gasteiger partial charge in [-0.3, -0.25) is 4.79 Å². The highest BCUT2D eigenvalue weighted by Gasteiger charge is 2.26. The maximum absolute atomic E-state index is 12.2. The molecule has 3 N–H and O–H groups in total. The SMILES string of the molecule is CC[C@H](C)[C@H](N)C(=O)NC1CCCN(c2ncccn2)C1. The minimum atomic E-state index is -0.432. The lowest BCUT2D eigenvalue weighted by molar-refractivity contribution is -0.124. The van der Waals surface area contributed by atoms with Crippen LogP contribution in [0.4, 0.5) is 5.95 Å². The van der Waals surface area contributed by atoms with E-state index in [1.54, 1.807) is 18.5 Å². The molecule has 1 aromatic heterocycles. The summed E-state index contributed by atoms with van der Waals surface area (Å²) in [7, 11) is 0. The van der Waals surface area contributed by atoms with Gasteiger partial charge in [0.05, 0.1) is 6.04 Å². The fourth-order valence-corrected chi connectivity index (χ4v) is 2.54. The molecule has 2 heterocycles. The number of nitrogens with one attached hydrogen (secondary N) is 1. The van der Waals surface area contributed by atoms with Crippen molar-refractivity contribution in [1.82, 2.24) is 15.3 Å². The zero-order valence-electron chi connectivity index (χ0n) is 12.8. The van der Waals surface area contributed by atoms with Gasteiger partial charge in [-0.05, 0) is 24.8 Å². The van der Waals surface area contributed by atoms with Crippen molar-refractivity contribution in [2.24, 2.45) is 11.7 Å². The van der Waals surface area contributed by atoms with Crippen molar-refractivity contribution < 1.29 is 4.79 Å². The Morgan fingerprint density at radius 3 is 2.90 bits per heavy atom. The number of anilines is 1. The summed E-state index contributed by atoms with van der Waals surface area (Å²) >= 11 is 0. The van der Waals surface area contributed by atoms with E-state index in [0.717, 1.165) is 38.3 Å². The predicted octanol–water partition coefficient (Wildman–Crippen LogP) is 0.935. The first-order chi connectivity index (χ1) is 10.1. The summed E-state index contributed by atoms with van der Waals surface area (Å²) in [5.41, 5.74) is 5.98. The van der Waals surface area contributed by atoms with Gasteiger partial charge in [0.15, 0.2) is 0 Å². The van der Waals surface area contributed by atoms with E-state index in [1.165, 1.54) is 0 Å². The van der Waals surface area contributed by atoms with E-state index in [2.05, 4.69) is 20.2 Å². The molecular formula is C15H25N5O. The highest BCUT2D eigenvalue weighted by atomic mass is 16.2. The molecule has 0 spiro atoms. The van der Waals surface area contributed by atoms with Crippen LogP contribution < -0.4 is 16.0 Å². The number of hydrogen-bond donors (Lipinski definition) is 2. The molecule has 1 saturated heterocycles. The normalized spacial score (nSPS) is 21.7. The highest BCUT2D eigenvalue weighted by Crippen LogP contribution is 2.15. The van der Waals surface area contributed by atoms with Crippen LogP contribution in [0.5, 0.6) is 0 Å². The number of aromatic nitrogens is 2. The van der Waals surface area contributed by atoms with Gasteiger partial charge in [0.2, 0.25) is 11.9 Å². The molecule has 0 radical (unpaired) electrons. The molecule has 21 heavy (non-hydrogen) atoms. The van der Waals surface area contributed by atoms with Gasteiger partial charge in [-0.25, -0.2) is 9.97 Å². The number of nitrogens with two attached hydrogens (primary N) is 1. The van der Waals surface area contributed by atoms with Gasteiger partial charge in [0.25, 0.3) is 0 Å². The molecule has 6 heteroatoms. The van der Waals surface area contributed by atoms with Crippen molar-refractivity contribution in [3.63, 3.8) is 0 Å². The number of carbonyl (C=O) groups excluding carboxylic acids is 1. The fraction of sp³-hybridized carbons (Fsp3) is 0.667. The van der Waals surface area contributed by atoms with E-state index < -0.39 is 6.04 Å². The van der Waals surface area contributed by atoms with Crippen molar-refractivity contribution in [1.29, 1.82) is 0 Å². The summed E-state index contributed by atoms with van der Waals surface area (Å²) < 4.78 is 0. The average molecular weight is 291 g/mol. The molecule has 0 aliphatic carbocycles. The minimum absolute atomic E-state index is 0.0508. The van der Waals surface area contributed by atoms with E-state index in [0.29, 0.717) is 0 Å². The Balaban J connectivity index is 1.91. The van der Waals surface area contributed by atoms with Crippen molar-refractivity contribution in [2.75, 3.05) is 18.0 Å². The summed E-state index contributed by atoms with van der Waals surface area (Å²) in [6.45, 7) is 5.72. The first kappa shape index (κ1) is 15.7. The summed E-state index contributed by atoms with van der Waals surface area (Å²) in [4.78, 5) is 22.8. The summed E-state index contributed by atoms with van der Waals surface area (Å²) in [5, 5.41) is 3.07. The Hall–Kier alpha value is -1.69. The van der Waals surface area contributed by atoms with E-state index in [1.807, 2.05) is 13.8 Å². The molecule has 0 saturated carbocycles. The van der Waals surface area contributed by atoms with Crippen LogP contribution in [0, 0.1) is 5.92 Å². The number of piperidine rings is 1. The summed E-state index contributed by atoms with van der Waals surface area (Å²) in [6, 6.07) is 1.49. The van der Waals surface area contributed by atoms with Crippen molar-refractivity contribution in [3.05, 3.63) is 18.5 Å². The highest BCUT2D eigenvalue weighted by molar-refractivity contribution is 5.82. The smallest absolute Gasteiger partial charge is 0.237 e. The first-order valence-electron chi connectivity index (χ1n) is 7.69. The van der Waals surface area contributed by atoms with Crippen molar-refractivity contribution >= 4 is 11.9 Å². The Morgan fingerprint density at radius 1 is 1.52 bits per heavy atom. The van der Waals surface area contributed by atoms with Crippen LogP contribution in [0.3, 0.4) is 0 Å². The van der Waals surface area contributed by atoms with Crippen LogP contribution in [-0.2, 0) is 4.79 Å². The third-order valence-electron chi connectivity index (χ3n) is 4.16. The first-order valence-corrected chi connectivity index (χ1v) is 7.69. The number of rotatable bonds is 5. The Kier molecular flexibility index (Phi) is 5.50. The topological polar surface area (TPSA) is 84.1 Å². The second-order valence-corrected chi connectivity index (χ2v) is 5.75. The van der Waals surface area contributed by atoms with Crippen LogP contribution in [0.2, 0.25) is 0 Å². The zero-order chi connectivity index (χ0) is 15.2. The maximum atomic E-state index is 12.2. The van der Waals surface area contributed by atoms with Crippen LogP contribution in [0.1, 0.15) is 33.1 Å². The second kappa shape index (κ2) is 7.36. The van der Waals surface area contributed by atoms with Crippen molar-refractivity contribution in [3.8, 4) is 0 Å². The largest absolute Gasteiger partial charge is 0.350 e. The van der Waals surface area contributed by atoms with Crippen molar-refractivity contribution in [2.45, 2.75) is 45.2 Å². The molecule has 1 aromatic rings. The molecule has 1 fully saturated rings. The summed E-state index contributed by atoms with van der Waals surface area (Å²) in [6.07, 6.45) is 6.38. The maximum Gasteiger partial charge on any atom is 0.237 e. The third kappa shape index (κ3) is 4.14. The van der Waals surface area contributed by atoms with Crippen LogP contribution in [0.25, 0.3) is 0 Å². The number of nitrogens with zero attached hydrogens (tertiary/aromatic N) is 3. The standard InChI is InChI=1S/C15H25N5O/c1-3-11(2)13(16)14(21)19-12-6-4-9-20(10-12)15-17-7-5-8-18-15/h5,7-8,11-13H,3-4,6,9-10,16H2,1-2H3,(H,19,21)/t11-,12?,13-/m0/s1. The average Bonchev–Trinajstić information content (AvgIpc) is 2.54.